The third-order valence-electron chi connectivity index (χ3n) is 3.54. The Morgan fingerprint density at radius 2 is 1.81 bits per heavy atom. The summed E-state index contributed by atoms with van der Waals surface area (Å²) in [7, 11) is 0. The van der Waals surface area contributed by atoms with E-state index in [-0.39, 0.29) is 6.67 Å². The zero-order chi connectivity index (χ0) is 11.4. The molecule has 0 unspecified atom stereocenters. The van der Waals surface area contributed by atoms with Crippen LogP contribution in [0, 0.1) is 6.92 Å². The highest BCUT2D eigenvalue weighted by molar-refractivity contribution is 5.24. The third kappa shape index (κ3) is 2.82. The van der Waals surface area contributed by atoms with E-state index in [2.05, 4.69) is 36.1 Å². The number of rotatable bonds is 3. The molecule has 1 aromatic carbocycles. The van der Waals surface area contributed by atoms with Crippen molar-refractivity contribution in [3.8, 4) is 0 Å². The minimum Gasteiger partial charge on any atom is -0.301 e. The van der Waals surface area contributed by atoms with Crippen LogP contribution >= 0.6 is 0 Å². The van der Waals surface area contributed by atoms with Gasteiger partial charge in [-0.15, -0.1) is 0 Å². The van der Waals surface area contributed by atoms with E-state index in [4.69, 9.17) is 0 Å². The average molecular weight is 221 g/mol. The van der Waals surface area contributed by atoms with E-state index in [0.717, 1.165) is 13.1 Å². The predicted molar refractivity (Wildman–Crippen MR) is 65.6 cm³/mol. The predicted octanol–water partition coefficient (Wildman–Crippen LogP) is 3.14. The fourth-order valence-electron chi connectivity index (χ4n) is 2.45. The van der Waals surface area contributed by atoms with Gasteiger partial charge in [0.1, 0.15) is 6.67 Å². The summed E-state index contributed by atoms with van der Waals surface area (Å²) < 4.78 is 12.2. The molecule has 1 aliphatic heterocycles. The van der Waals surface area contributed by atoms with Crippen molar-refractivity contribution < 1.29 is 4.39 Å². The molecule has 0 bridgehead atoms. The number of piperidine rings is 1. The molecule has 0 radical (unpaired) electrons. The first-order chi connectivity index (χ1) is 7.79. The largest absolute Gasteiger partial charge is 0.301 e. The van der Waals surface area contributed by atoms with Crippen LogP contribution in [0.25, 0.3) is 0 Å². The molecular weight excluding hydrogens is 201 g/mol. The first-order valence-corrected chi connectivity index (χ1v) is 6.14. The monoisotopic (exact) mass is 221 g/mol. The Kier molecular flexibility index (Phi) is 3.94. The molecule has 0 saturated carbocycles. The molecule has 0 aromatic heterocycles. The highest BCUT2D eigenvalue weighted by atomic mass is 19.1. The average Bonchev–Trinajstić information content (AvgIpc) is 2.32. The van der Waals surface area contributed by atoms with Gasteiger partial charge in [0.2, 0.25) is 0 Å². The van der Waals surface area contributed by atoms with Crippen LogP contribution in [0.5, 0.6) is 0 Å². The van der Waals surface area contributed by atoms with Crippen LogP contribution in [0.2, 0.25) is 0 Å². The number of benzene rings is 1. The Bertz CT molecular complexity index is 312. The molecule has 0 aliphatic carbocycles. The summed E-state index contributed by atoms with van der Waals surface area (Å²) in [6, 6.07) is 8.85. The van der Waals surface area contributed by atoms with Crippen LogP contribution in [-0.2, 0) is 0 Å². The number of alkyl halides is 1. The number of hydrogen-bond acceptors (Lipinski definition) is 1. The van der Waals surface area contributed by atoms with E-state index < -0.39 is 0 Å². The summed E-state index contributed by atoms with van der Waals surface area (Å²) in [5, 5.41) is 0. The molecular formula is C14H20FN. The van der Waals surface area contributed by atoms with E-state index in [0.29, 0.717) is 12.5 Å². The van der Waals surface area contributed by atoms with Crippen molar-refractivity contribution in [2.75, 3.05) is 26.3 Å². The van der Waals surface area contributed by atoms with Crippen molar-refractivity contribution in [1.29, 1.82) is 0 Å². The minimum absolute atomic E-state index is 0.213. The van der Waals surface area contributed by atoms with Gasteiger partial charge in [0.05, 0.1) is 0 Å². The van der Waals surface area contributed by atoms with Gasteiger partial charge in [-0.05, 0) is 44.3 Å². The highest BCUT2D eigenvalue weighted by Gasteiger charge is 2.19. The normalized spacial score (nSPS) is 18.9. The zero-order valence-corrected chi connectivity index (χ0v) is 9.95. The number of nitrogens with zero attached hydrogens (tertiary/aromatic N) is 1. The zero-order valence-electron chi connectivity index (χ0n) is 9.95. The molecule has 2 rings (SSSR count). The van der Waals surface area contributed by atoms with Crippen LogP contribution in [0.4, 0.5) is 4.39 Å². The van der Waals surface area contributed by atoms with Crippen molar-refractivity contribution in [3.63, 3.8) is 0 Å². The highest BCUT2D eigenvalue weighted by Crippen LogP contribution is 2.27. The molecule has 1 saturated heterocycles. The van der Waals surface area contributed by atoms with Gasteiger partial charge >= 0.3 is 0 Å². The lowest BCUT2D eigenvalue weighted by atomic mass is 9.89. The molecule has 16 heavy (non-hydrogen) atoms. The fraction of sp³-hybridized carbons (Fsp3) is 0.571. The first kappa shape index (κ1) is 11.6. The smallest absolute Gasteiger partial charge is 0.102 e. The summed E-state index contributed by atoms with van der Waals surface area (Å²) in [4.78, 5) is 2.23. The summed E-state index contributed by atoms with van der Waals surface area (Å²) >= 11 is 0. The Morgan fingerprint density at radius 1 is 1.19 bits per heavy atom. The topological polar surface area (TPSA) is 3.24 Å². The van der Waals surface area contributed by atoms with Crippen molar-refractivity contribution in [3.05, 3.63) is 35.4 Å². The van der Waals surface area contributed by atoms with Crippen molar-refractivity contribution >= 4 is 0 Å². The maximum Gasteiger partial charge on any atom is 0.102 e. The second-order valence-electron chi connectivity index (χ2n) is 4.72. The molecule has 1 nitrogen and oxygen atoms in total. The Balaban J connectivity index is 1.91. The summed E-state index contributed by atoms with van der Waals surface area (Å²) in [6.07, 6.45) is 2.34. The van der Waals surface area contributed by atoms with Gasteiger partial charge in [-0.2, -0.15) is 0 Å². The lowest BCUT2D eigenvalue weighted by Gasteiger charge is -2.31. The Hall–Kier alpha value is -0.890. The second kappa shape index (κ2) is 5.44. The molecule has 0 spiro atoms. The molecule has 1 fully saturated rings. The molecule has 1 aromatic rings. The lowest BCUT2D eigenvalue weighted by Crippen LogP contribution is -2.34. The minimum atomic E-state index is -0.213. The summed E-state index contributed by atoms with van der Waals surface area (Å²) in [6.45, 7) is 4.61. The van der Waals surface area contributed by atoms with Crippen LogP contribution in [-0.4, -0.2) is 31.2 Å². The van der Waals surface area contributed by atoms with Crippen LogP contribution in [0.3, 0.4) is 0 Å². The SMILES string of the molecule is Cc1ccc(C2CCN(CCF)CC2)cc1. The van der Waals surface area contributed by atoms with Gasteiger partial charge in [0.25, 0.3) is 0 Å². The van der Waals surface area contributed by atoms with E-state index in [1.807, 2.05) is 0 Å². The number of likely N-dealkylation sites (tertiary alicyclic amines) is 1. The van der Waals surface area contributed by atoms with E-state index in [1.165, 1.54) is 24.0 Å². The van der Waals surface area contributed by atoms with Crippen molar-refractivity contribution in [1.82, 2.24) is 4.90 Å². The molecule has 1 heterocycles. The van der Waals surface area contributed by atoms with Crippen LogP contribution < -0.4 is 0 Å². The van der Waals surface area contributed by atoms with Gasteiger partial charge in [-0.25, -0.2) is 4.39 Å². The standard InChI is InChI=1S/C14H20FN/c1-12-2-4-13(5-3-12)14-6-9-16(10-7-14)11-8-15/h2-5,14H,6-11H2,1H3. The quantitative estimate of drug-likeness (QED) is 0.758. The molecule has 0 N–H and O–H groups in total. The lowest BCUT2D eigenvalue weighted by molar-refractivity contribution is 0.197. The van der Waals surface area contributed by atoms with Gasteiger partial charge in [0.15, 0.2) is 0 Å². The van der Waals surface area contributed by atoms with Crippen molar-refractivity contribution in [2.45, 2.75) is 25.7 Å². The maximum atomic E-state index is 12.2. The molecule has 0 amide bonds. The van der Waals surface area contributed by atoms with Crippen LogP contribution in [0.1, 0.15) is 29.9 Å². The summed E-state index contributed by atoms with van der Waals surface area (Å²) in [5.41, 5.74) is 2.77. The van der Waals surface area contributed by atoms with Gasteiger partial charge in [-0.1, -0.05) is 29.8 Å². The molecule has 1 aliphatic rings. The number of halogens is 1. The van der Waals surface area contributed by atoms with E-state index in [1.54, 1.807) is 0 Å². The molecule has 88 valence electrons. The Morgan fingerprint density at radius 3 is 2.38 bits per heavy atom. The second-order valence-corrected chi connectivity index (χ2v) is 4.72. The first-order valence-electron chi connectivity index (χ1n) is 6.14. The van der Waals surface area contributed by atoms with E-state index >= 15 is 0 Å². The molecule has 0 atom stereocenters. The fourth-order valence-corrected chi connectivity index (χ4v) is 2.45. The van der Waals surface area contributed by atoms with Gasteiger partial charge in [0, 0.05) is 6.54 Å². The van der Waals surface area contributed by atoms with Gasteiger partial charge < -0.3 is 4.90 Å². The summed E-state index contributed by atoms with van der Waals surface area (Å²) in [5.74, 6) is 0.677. The van der Waals surface area contributed by atoms with Crippen molar-refractivity contribution in [2.24, 2.45) is 0 Å². The maximum absolute atomic E-state index is 12.2. The third-order valence-corrected chi connectivity index (χ3v) is 3.54. The van der Waals surface area contributed by atoms with E-state index in [9.17, 15) is 4.39 Å². The number of hydrogen-bond donors (Lipinski definition) is 0. The molecule has 2 heteroatoms. The Labute approximate surface area is 97.3 Å². The van der Waals surface area contributed by atoms with Gasteiger partial charge in [-0.3, -0.25) is 0 Å². The number of aryl methyl sites for hydroxylation is 1. The van der Waals surface area contributed by atoms with Crippen LogP contribution in [0.15, 0.2) is 24.3 Å².